The summed E-state index contributed by atoms with van der Waals surface area (Å²) in [5.74, 6) is -1.44. The van der Waals surface area contributed by atoms with Gasteiger partial charge in [0.25, 0.3) is 5.56 Å². The predicted octanol–water partition coefficient (Wildman–Crippen LogP) is 1.20. The van der Waals surface area contributed by atoms with Crippen molar-refractivity contribution in [1.82, 2.24) is 14.3 Å². The first-order valence-corrected chi connectivity index (χ1v) is 5.83. The van der Waals surface area contributed by atoms with Gasteiger partial charge in [-0.25, -0.2) is 14.7 Å². The second-order valence-electron chi connectivity index (χ2n) is 4.55. The molecule has 0 bridgehead atoms. The minimum atomic E-state index is -1.44. The predicted molar refractivity (Wildman–Crippen MR) is 70.8 cm³/mol. The van der Waals surface area contributed by atoms with E-state index >= 15 is 0 Å². The Bertz CT molecular complexity index is 772. The number of carbonyl (C=O) groups excluding carboxylic acids is 1. The molecule has 0 aliphatic carbocycles. The van der Waals surface area contributed by atoms with Crippen LogP contribution in [-0.2, 0) is 11.5 Å². The fourth-order valence-electron chi connectivity index (χ4n) is 1.92. The number of fused-ring (bicyclic) bond motifs is 1. The molecular formula is C12H11FN4O4. The average molecular weight is 294 g/mol. The van der Waals surface area contributed by atoms with Crippen LogP contribution >= 0.6 is 0 Å². The molecule has 0 saturated heterocycles. The molecular weight excluding hydrogens is 283 g/mol. The van der Waals surface area contributed by atoms with Crippen LogP contribution in [0.1, 0.15) is 15.9 Å². The first kappa shape index (κ1) is 14.7. The maximum Gasteiger partial charge on any atom is 0.386 e. The molecule has 0 aromatic carbocycles. The number of aromatic nitrogens is 2. The number of halogens is 1. The molecule has 2 aromatic heterocycles. The van der Waals surface area contributed by atoms with E-state index in [4.69, 9.17) is 0 Å². The number of carbonyl (C=O) groups is 1. The number of hydrogen-bond acceptors (Lipinski definition) is 7. The number of rotatable bonds is 4. The van der Waals surface area contributed by atoms with E-state index in [0.717, 1.165) is 10.6 Å². The molecule has 0 saturated carbocycles. The van der Waals surface area contributed by atoms with E-state index in [1.165, 1.54) is 12.3 Å². The van der Waals surface area contributed by atoms with E-state index < -0.39 is 17.1 Å². The molecule has 0 spiro atoms. The number of nitroso groups, excluding NO2 is 1. The van der Waals surface area contributed by atoms with Gasteiger partial charge < -0.3 is 4.90 Å². The Morgan fingerprint density at radius 3 is 2.81 bits per heavy atom. The molecule has 110 valence electrons. The van der Waals surface area contributed by atoms with Gasteiger partial charge in [0.15, 0.2) is 11.3 Å². The topological polar surface area (TPSA) is 93.3 Å². The van der Waals surface area contributed by atoms with Gasteiger partial charge >= 0.3 is 5.97 Å². The summed E-state index contributed by atoms with van der Waals surface area (Å²) in [5, 5.41) is 2.90. The van der Waals surface area contributed by atoms with Crippen LogP contribution in [0.2, 0.25) is 0 Å². The standard InChI is InChI=1S/C12H11FN4O4/c1-16(2)6-7-3-4-17-10(9(7)15-20)14-5-8(11(17)18)12(19)21-13/h3-5H,6H2,1-2H3. The minimum absolute atomic E-state index is 0.00948. The quantitative estimate of drug-likeness (QED) is 0.786. The monoisotopic (exact) mass is 294 g/mol. The van der Waals surface area contributed by atoms with Crippen LogP contribution in [0, 0.1) is 4.91 Å². The Morgan fingerprint density at radius 2 is 2.24 bits per heavy atom. The van der Waals surface area contributed by atoms with Crippen LogP contribution in [0.4, 0.5) is 10.2 Å². The van der Waals surface area contributed by atoms with Gasteiger partial charge in [-0.1, -0.05) is 0 Å². The lowest BCUT2D eigenvalue weighted by molar-refractivity contribution is -0.0790. The number of nitrogens with zero attached hydrogens (tertiary/aromatic N) is 4. The number of hydrogen-bond donors (Lipinski definition) is 0. The maximum absolute atomic E-state index is 12.0. The van der Waals surface area contributed by atoms with Crippen molar-refractivity contribution >= 4 is 17.3 Å². The summed E-state index contributed by atoms with van der Waals surface area (Å²) in [6.45, 7) is 0.418. The van der Waals surface area contributed by atoms with Gasteiger partial charge in [-0.3, -0.25) is 9.20 Å². The van der Waals surface area contributed by atoms with Gasteiger partial charge in [0.05, 0.1) is 0 Å². The zero-order valence-corrected chi connectivity index (χ0v) is 11.2. The Kier molecular flexibility index (Phi) is 4.03. The van der Waals surface area contributed by atoms with Crippen molar-refractivity contribution in [2.45, 2.75) is 6.54 Å². The summed E-state index contributed by atoms with van der Waals surface area (Å²) < 4.78 is 12.9. The molecule has 0 aliphatic heterocycles. The van der Waals surface area contributed by atoms with Gasteiger partial charge in [0.1, 0.15) is 5.56 Å². The summed E-state index contributed by atoms with van der Waals surface area (Å²) in [5.41, 5.74) is -0.868. The van der Waals surface area contributed by atoms with Gasteiger partial charge in [0, 0.05) is 29.0 Å². The van der Waals surface area contributed by atoms with E-state index in [-0.39, 0.29) is 11.3 Å². The van der Waals surface area contributed by atoms with Gasteiger partial charge in [-0.15, -0.1) is 4.91 Å². The maximum atomic E-state index is 12.0. The second kappa shape index (κ2) is 5.75. The molecule has 0 aliphatic rings. The molecule has 0 fully saturated rings. The molecule has 0 N–H and O–H groups in total. The molecule has 8 nitrogen and oxygen atoms in total. The van der Waals surface area contributed by atoms with Crippen molar-refractivity contribution in [3.05, 3.63) is 44.8 Å². The lowest BCUT2D eigenvalue weighted by atomic mass is 10.2. The third-order valence-electron chi connectivity index (χ3n) is 2.80. The van der Waals surface area contributed by atoms with Gasteiger partial charge in [0.2, 0.25) is 0 Å². The lowest BCUT2D eigenvalue weighted by Gasteiger charge is -2.12. The van der Waals surface area contributed by atoms with Crippen LogP contribution in [0.5, 0.6) is 0 Å². The summed E-state index contributed by atoms with van der Waals surface area (Å²) >= 11 is 0. The zero-order chi connectivity index (χ0) is 15.6. The Hall–Kier alpha value is -2.68. The van der Waals surface area contributed by atoms with Crippen LogP contribution in [0.3, 0.4) is 0 Å². The van der Waals surface area contributed by atoms with E-state index in [0.29, 0.717) is 12.1 Å². The summed E-state index contributed by atoms with van der Waals surface area (Å²) in [6, 6.07) is 1.51. The van der Waals surface area contributed by atoms with Crippen LogP contribution in [0.15, 0.2) is 28.4 Å². The second-order valence-corrected chi connectivity index (χ2v) is 4.55. The van der Waals surface area contributed by atoms with Crippen molar-refractivity contribution in [2.75, 3.05) is 14.1 Å². The van der Waals surface area contributed by atoms with E-state index in [2.05, 4.69) is 15.1 Å². The van der Waals surface area contributed by atoms with Crippen molar-refractivity contribution in [3.8, 4) is 0 Å². The first-order chi connectivity index (χ1) is 9.99. The third-order valence-corrected chi connectivity index (χ3v) is 2.80. The molecule has 2 heterocycles. The SMILES string of the molecule is CN(C)Cc1ccn2c(=O)c(C(=O)OF)cnc2c1N=O. The summed E-state index contributed by atoms with van der Waals surface area (Å²) in [6.07, 6.45) is 2.20. The molecule has 9 heteroatoms. The van der Waals surface area contributed by atoms with E-state index in [1.54, 1.807) is 14.1 Å². The fourth-order valence-corrected chi connectivity index (χ4v) is 1.92. The third kappa shape index (κ3) is 2.63. The van der Waals surface area contributed by atoms with Gasteiger partial charge in [-0.2, -0.15) is 0 Å². The number of pyridine rings is 1. The lowest BCUT2D eigenvalue weighted by Crippen LogP contribution is -2.23. The van der Waals surface area contributed by atoms with Crippen molar-refractivity contribution in [1.29, 1.82) is 0 Å². The van der Waals surface area contributed by atoms with Crippen LogP contribution in [0.25, 0.3) is 5.65 Å². The van der Waals surface area contributed by atoms with E-state index in [1.807, 2.05) is 4.90 Å². The summed E-state index contributed by atoms with van der Waals surface area (Å²) in [7, 11) is 3.61. The molecule has 2 aromatic rings. The zero-order valence-electron chi connectivity index (χ0n) is 11.2. The Morgan fingerprint density at radius 1 is 1.52 bits per heavy atom. The van der Waals surface area contributed by atoms with Crippen LogP contribution in [-0.4, -0.2) is 34.3 Å². The van der Waals surface area contributed by atoms with Crippen molar-refractivity contribution in [2.24, 2.45) is 5.18 Å². The highest BCUT2D eigenvalue weighted by atomic mass is 19.3. The smallest absolute Gasteiger partial charge is 0.305 e. The largest absolute Gasteiger partial charge is 0.386 e. The first-order valence-electron chi connectivity index (χ1n) is 5.83. The highest BCUT2D eigenvalue weighted by Crippen LogP contribution is 2.24. The Balaban J connectivity index is 2.72. The van der Waals surface area contributed by atoms with Crippen molar-refractivity contribution < 1.29 is 14.3 Å². The molecule has 0 radical (unpaired) electrons. The highest BCUT2D eigenvalue weighted by molar-refractivity contribution is 5.88. The normalized spacial score (nSPS) is 10.9. The molecule has 21 heavy (non-hydrogen) atoms. The van der Waals surface area contributed by atoms with E-state index in [9.17, 15) is 19.0 Å². The molecule has 0 unspecified atom stereocenters. The average Bonchev–Trinajstić information content (AvgIpc) is 2.46. The highest BCUT2D eigenvalue weighted by Gasteiger charge is 2.18. The van der Waals surface area contributed by atoms with Gasteiger partial charge in [-0.05, 0) is 25.3 Å². The summed E-state index contributed by atoms with van der Waals surface area (Å²) in [4.78, 5) is 42.8. The van der Waals surface area contributed by atoms with Crippen LogP contribution < -0.4 is 5.56 Å². The Labute approximate surface area is 117 Å². The molecule has 0 atom stereocenters. The molecule has 0 amide bonds. The van der Waals surface area contributed by atoms with Crippen molar-refractivity contribution in [3.63, 3.8) is 0 Å². The molecule has 2 rings (SSSR count). The fraction of sp³-hybridized carbons (Fsp3) is 0.250. The minimum Gasteiger partial charge on any atom is -0.305 e.